The van der Waals surface area contributed by atoms with Crippen molar-refractivity contribution >= 4 is 28.6 Å². The molecule has 1 unspecified atom stereocenters. The number of thiophene rings is 1. The van der Waals surface area contributed by atoms with Crippen molar-refractivity contribution in [3.05, 3.63) is 28.1 Å². The molecule has 6 heteroatoms. The van der Waals surface area contributed by atoms with E-state index in [9.17, 15) is 4.79 Å². The molecule has 1 amide bonds. The van der Waals surface area contributed by atoms with Gasteiger partial charge in [-0.25, -0.2) is 4.98 Å². The molecular formula is C18H25N3OS2. The van der Waals surface area contributed by atoms with E-state index in [1.807, 2.05) is 24.4 Å². The fourth-order valence-corrected chi connectivity index (χ4v) is 4.81. The Morgan fingerprint density at radius 3 is 2.88 bits per heavy atom. The molecule has 1 aliphatic rings. The summed E-state index contributed by atoms with van der Waals surface area (Å²) in [6.45, 7) is 9.41. The van der Waals surface area contributed by atoms with E-state index in [0.717, 1.165) is 39.5 Å². The van der Waals surface area contributed by atoms with Gasteiger partial charge in [-0.05, 0) is 57.1 Å². The average Bonchev–Trinajstić information content (AvgIpc) is 3.22. The van der Waals surface area contributed by atoms with Crippen LogP contribution in [0.2, 0.25) is 0 Å². The highest BCUT2D eigenvalue weighted by atomic mass is 32.1. The van der Waals surface area contributed by atoms with E-state index in [2.05, 4.69) is 29.0 Å². The summed E-state index contributed by atoms with van der Waals surface area (Å²) < 4.78 is 0. The highest BCUT2D eigenvalue weighted by Crippen LogP contribution is 2.31. The highest BCUT2D eigenvalue weighted by molar-refractivity contribution is 7.22. The summed E-state index contributed by atoms with van der Waals surface area (Å²) in [6, 6.07) is 4.44. The van der Waals surface area contributed by atoms with E-state index in [0.29, 0.717) is 12.6 Å². The molecule has 130 valence electrons. The van der Waals surface area contributed by atoms with Crippen molar-refractivity contribution in [1.82, 2.24) is 15.2 Å². The Labute approximate surface area is 151 Å². The number of hydrogen-bond acceptors (Lipinski definition) is 5. The number of aromatic nitrogens is 1. The number of piperidine rings is 1. The second-order valence-corrected chi connectivity index (χ2v) is 8.64. The van der Waals surface area contributed by atoms with Gasteiger partial charge in [0.15, 0.2) is 0 Å². The van der Waals surface area contributed by atoms with Crippen molar-refractivity contribution in [2.24, 2.45) is 5.92 Å². The SMILES string of the molecule is Cc1nc(-c2cccs2)sc1C(=O)NCC(C)N1CCC(C)CC1. The molecule has 3 rings (SSSR count). The summed E-state index contributed by atoms with van der Waals surface area (Å²) in [7, 11) is 0. The molecule has 0 bridgehead atoms. The molecule has 1 aliphatic heterocycles. The van der Waals surface area contributed by atoms with Gasteiger partial charge in [-0.1, -0.05) is 13.0 Å². The zero-order valence-electron chi connectivity index (χ0n) is 14.5. The molecule has 1 N–H and O–H groups in total. The summed E-state index contributed by atoms with van der Waals surface area (Å²) in [6.07, 6.45) is 2.52. The molecule has 2 aromatic heterocycles. The van der Waals surface area contributed by atoms with Crippen LogP contribution in [0.1, 0.15) is 42.1 Å². The van der Waals surface area contributed by atoms with Gasteiger partial charge in [-0.2, -0.15) is 0 Å². The molecule has 0 saturated carbocycles. The predicted molar refractivity (Wildman–Crippen MR) is 102 cm³/mol. The Morgan fingerprint density at radius 1 is 1.46 bits per heavy atom. The minimum absolute atomic E-state index is 0.00466. The van der Waals surface area contributed by atoms with Crippen molar-refractivity contribution in [3.8, 4) is 9.88 Å². The van der Waals surface area contributed by atoms with Crippen molar-refractivity contribution in [2.45, 2.75) is 39.7 Å². The van der Waals surface area contributed by atoms with Crippen LogP contribution in [0, 0.1) is 12.8 Å². The van der Waals surface area contributed by atoms with Crippen LogP contribution in [0.3, 0.4) is 0 Å². The second kappa shape index (κ2) is 7.76. The van der Waals surface area contributed by atoms with Crippen molar-refractivity contribution in [3.63, 3.8) is 0 Å². The van der Waals surface area contributed by atoms with Gasteiger partial charge in [0.1, 0.15) is 9.88 Å². The van der Waals surface area contributed by atoms with E-state index in [-0.39, 0.29) is 5.91 Å². The van der Waals surface area contributed by atoms with Crippen LogP contribution in [-0.4, -0.2) is 41.5 Å². The van der Waals surface area contributed by atoms with Crippen LogP contribution in [0.15, 0.2) is 17.5 Å². The maximum atomic E-state index is 12.5. The van der Waals surface area contributed by atoms with Crippen molar-refractivity contribution in [1.29, 1.82) is 0 Å². The molecule has 1 atom stereocenters. The molecule has 24 heavy (non-hydrogen) atoms. The zero-order chi connectivity index (χ0) is 17.1. The first kappa shape index (κ1) is 17.6. The number of carbonyl (C=O) groups excluding carboxylic acids is 1. The van der Waals surface area contributed by atoms with Crippen LogP contribution in [0.25, 0.3) is 9.88 Å². The molecule has 1 saturated heterocycles. The third-order valence-electron chi connectivity index (χ3n) is 4.73. The fourth-order valence-electron chi connectivity index (χ4n) is 3.03. The van der Waals surface area contributed by atoms with Crippen molar-refractivity contribution in [2.75, 3.05) is 19.6 Å². The Morgan fingerprint density at radius 2 is 2.21 bits per heavy atom. The van der Waals surface area contributed by atoms with E-state index < -0.39 is 0 Å². The Balaban J connectivity index is 1.57. The van der Waals surface area contributed by atoms with Gasteiger partial charge in [0, 0.05) is 12.6 Å². The first-order valence-corrected chi connectivity index (χ1v) is 10.3. The van der Waals surface area contributed by atoms with Crippen LogP contribution in [0.5, 0.6) is 0 Å². The molecular weight excluding hydrogens is 338 g/mol. The minimum atomic E-state index is 0.00466. The lowest BCUT2D eigenvalue weighted by Crippen LogP contribution is -2.45. The predicted octanol–water partition coefficient (Wildman–Crippen LogP) is 4.03. The molecule has 0 radical (unpaired) electrons. The van der Waals surface area contributed by atoms with E-state index in [4.69, 9.17) is 0 Å². The maximum absolute atomic E-state index is 12.5. The second-order valence-electron chi connectivity index (χ2n) is 6.69. The van der Waals surface area contributed by atoms with Gasteiger partial charge >= 0.3 is 0 Å². The number of aryl methyl sites for hydroxylation is 1. The molecule has 0 spiro atoms. The quantitative estimate of drug-likeness (QED) is 0.872. The Kier molecular flexibility index (Phi) is 5.69. The van der Waals surface area contributed by atoms with Gasteiger partial charge in [0.25, 0.3) is 5.91 Å². The largest absolute Gasteiger partial charge is 0.350 e. The summed E-state index contributed by atoms with van der Waals surface area (Å²) in [5, 5.41) is 6.07. The number of rotatable bonds is 5. The zero-order valence-corrected chi connectivity index (χ0v) is 16.2. The number of nitrogens with zero attached hydrogens (tertiary/aromatic N) is 2. The number of thiazole rings is 1. The number of hydrogen-bond donors (Lipinski definition) is 1. The topological polar surface area (TPSA) is 45.2 Å². The molecule has 2 aromatic rings. The summed E-state index contributed by atoms with van der Waals surface area (Å²) in [5.41, 5.74) is 0.820. The Hall–Kier alpha value is -1.24. The van der Waals surface area contributed by atoms with Gasteiger partial charge in [0.05, 0.1) is 10.6 Å². The number of likely N-dealkylation sites (tertiary alicyclic amines) is 1. The van der Waals surface area contributed by atoms with Crippen LogP contribution in [0.4, 0.5) is 0 Å². The number of amides is 1. The van der Waals surface area contributed by atoms with Crippen LogP contribution < -0.4 is 5.32 Å². The molecule has 1 fully saturated rings. The average molecular weight is 364 g/mol. The third-order valence-corrected chi connectivity index (χ3v) is 6.93. The normalized spacial score (nSPS) is 17.8. The molecule has 0 aromatic carbocycles. The standard InChI is InChI=1S/C18H25N3OS2/c1-12-6-8-21(9-7-12)13(2)11-19-17(22)16-14(3)20-18(24-16)15-5-4-10-23-15/h4-5,10,12-13H,6-9,11H2,1-3H3,(H,19,22). The number of nitrogens with one attached hydrogen (secondary N) is 1. The number of carbonyl (C=O) groups is 1. The highest BCUT2D eigenvalue weighted by Gasteiger charge is 2.22. The maximum Gasteiger partial charge on any atom is 0.263 e. The van der Waals surface area contributed by atoms with E-state index >= 15 is 0 Å². The van der Waals surface area contributed by atoms with E-state index in [1.165, 1.54) is 24.2 Å². The van der Waals surface area contributed by atoms with Gasteiger partial charge in [-0.3, -0.25) is 9.69 Å². The lowest BCUT2D eigenvalue weighted by molar-refractivity contribution is 0.0925. The molecule has 3 heterocycles. The first-order valence-electron chi connectivity index (χ1n) is 8.58. The lowest BCUT2D eigenvalue weighted by atomic mass is 9.98. The van der Waals surface area contributed by atoms with Gasteiger partial charge in [-0.15, -0.1) is 22.7 Å². The fraction of sp³-hybridized carbons (Fsp3) is 0.556. The van der Waals surface area contributed by atoms with Gasteiger partial charge in [0.2, 0.25) is 0 Å². The van der Waals surface area contributed by atoms with E-state index in [1.54, 1.807) is 11.3 Å². The third kappa shape index (κ3) is 4.05. The smallest absolute Gasteiger partial charge is 0.263 e. The summed E-state index contributed by atoms with van der Waals surface area (Å²) >= 11 is 3.14. The molecule has 0 aliphatic carbocycles. The van der Waals surface area contributed by atoms with Crippen LogP contribution in [-0.2, 0) is 0 Å². The minimum Gasteiger partial charge on any atom is -0.350 e. The Bertz CT molecular complexity index is 673. The van der Waals surface area contributed by atoms with Crippen LogP contribution >= 0.6 is 22.7 Å². The molecule has 4 nitrogen and oxygen atoms in total. The first-order chi connectivity index (χ1) is 11.5. The summed E-state index contributed by atoms with van der Waals surface area (Å²) in [5.74, 6) is 0.837. The van der Waals surface area contributed by atoms with Crippen molar-refractivity contribution < 1.29 is 4.79 Å². The lowest BCUT2D eigenvalue weighted by Gasteiger charge is -2.34. The van der Waals surface area contributed by atoms with Gasteiger partial charge < -0.3 is 5.32 Å². The summed E-state index contributed by atoms with van der Waals surface area (Å²) in [4.78, 5) is 21.4. The monoisotopic (exact) mass is 363 g/mol.